The maximum absolute atomic E-state index is 13.7. The van der Waals surface area contributed by atoms with Crippen molar-refractivity contribution in [2.24, 2.45) is 22.7 Å². The van der Waals surface area contributed by atoms with Crippen molar-refractivity contribution >= 4 is 23.2 Å². The van der Waals surface area contributed by atoms with Gasteiger partial charge >= 0.3 is 0 Å². The first-order valence-electron chi connectivity index (χ1n) is 18.5. The fraction of sp³-hybridized carbons (Fsp3) is 0.550. The van der Waals surface area contributed by atoms with Crippen LogP contribution in [0.2, 0.25) is 0 Å². The van der Waals surface area contributed by atoms with Crippen molar-refractivity contribution in [1.29, 1.82) is 0 Å². The van der Waals surface area contributed by atoms with Crippen LogP contribution in [0.4, 0.5) is 17.6 Å². The minimum absolute atomic E-state index is 0.173. The smallest absolute Gasteiger partial charge is 0.248 e. The highest BCUT2D eigenvalue weighted by molar-refractivity contribution is 7.18. The number of benzene rings is 1. The first kappa shape index (κ1) is 38.7. The molecular weight excluding hydrogens is 705 g/mol. The van der Waals surface area contributed by atoms with Gasteiger partial charge in [-0.05, 0) is 59.8 Å². The van der Waals surface area contributed by atoms with Gasteiger partial charge in [0.25, 0.3) is 0 Å². The highest BCUT2D eigenvalue weighted by Crippen LogP contribution is 2.41. The molecule has 0 radical (unpaired) electrons. The number of amides is 2. The van der Waals surface area contributed by atoms with Gasteiger partial charge in [-0.3, -0.25) is 9.59 Å². The molecule has 2 aliphatic rings. The second-order valence-corrected chi connectivity index (χ2v) is 18.1. The molecule has 4 aromatic rings. The molecule has 2 saturated carbocycles. The molecule has 0 spiro atoms. The van der Waals surface area contributed by atoms with Gasteiger partial charge in [0.2, 0.25) is 23.7 Å². The Morgan fingerprint density at radius 1 is 0.660 bits per heavy atom. The number of rotatable bonds is 9. The third kappa shape index (κ3) is 9.21. The number of halogens is 4. The second-order valence-electron chi connectivity index (χ2n) is 17.0. The maximum Gasteiger partial charge on any atom is 0.248 e. The number of alkyl halides is 4. The molecule has 2 fully saturated rings. The van der Waals surface area contributed by atoms with E-state index in [2.05, 4.69) is 36.6 Å². The monoisotopic (exact) mass is 754 g/mol. The molecule has 53 heavy (non-hydrogen) atoms. The topological polar surface area (TPSA) is 116 Å². The summed E-state index contributed by atoms with van der Waals surface area (Å²) < 4.78 is 54.8. The van der Waals surface area contributed by atoms with Crippen molar-refractivity contribution in [2.75, 3.05) is 0 Å². The number of thiophene rings is 1. The van der Waals surface area contributed by atoms with E-state index in [-0.39, 0.29) is 74.0 Å². The first-order chi connectivity index (χ1) is 24.8. The molecule has 2 aliphatic carbocycles. The Morgan fingerprint density at radius 3 is 1.51 bits per heavy atom. The predicted molar refractivity (Wildman–Crippen MR) is 199 cm³/mol. The van der Waals surface area contributed by atoms with Gasteiger partial charge in [-0.2, -0.15) is 0 Å². The van der Waals surface area contributed by atoms with Gasteiger partial charge in [-0.25, -0.2) is 27.5 Å². The Kier molecular flexibility index (Phi) is 10.7. The number of aromatic nitrogens is 4. The number of aromatic amines is 2. The van der Waals surface area contributed by atoms with Crippen LogP contribution in [0.5, 0.6) is 0 Å². The zero-order valence-corrected chi connectivity index (χ0v) is 32.0. The van der Waals surface area contributed by atoms with E-state index in [1.54, 1.807) is 23.7 Å². The molecule has 286 valence electrons. The van der Waals surface area contributed by atoms with Crippen LogP contribution >= 0.6 is 11.3 Å². The van der Waals surface area contributed by atoms with Gasteiger partial charge in [0, 0.05) is 42.4 Å². The molecule has 1 aromatic carbocycles. The van der Waals surface area contributed by atoms with E-state index >= 15 is 0 Å². The molecule has 4 N–H and O–H groups in total. The number of hydrogen-bond donors (Lipinski definition) is 4. The van der Waals surface area contributed by atoms with E-state index in [1.165, 1.54) is 0 Å². The number of nitrogens with zero attached hydrogens (tertiary/aromatic N) is 2. The third-order valence-electron chi connectivity index (χ3n) is 10.6. The SMILES string of the molecule is CC(C)(C)[C@H](NC(=O)C1CCC(F)(F)CC1)c1ncc(-c2ccc(-c3ccc(-c4cnc([C@@H](NC(=O)C5CCC(F)(F)CC5)C(C)(C)C)[nH]4)s3)cc2)[nH]1. The summed E-state index contributed by atoms with van der Waals surface area (Å²) in [6, 6.07) is 11.3. The first-order valence-corrected chi connectivity index (χ1v) is 19.3. The lowest BCUT2D eigenvalue weighted by atomic mass is 9.83. The van der Waals surface area contributed by atoms with Crippen LogP contribution in [-0.4, -0.2) is 43.6 Å². The summed E-state index contributed by atoms with van der Waals surface area (Å²) in [7, 11) is 0. The summed E-state index contributed by atoms with van der Waals surface area (Å²) in [5.41, 5.74) is 2.82. The van der Waals surface area contributed by atoms with Crippen molar-refractivity contribution in [3.8, 4) is 32.3 Å². The quantitative estimate of drug-likeness (QED) is 0.127. The number of nitrogens with one attached hydrogen (secondary N) is 4. The third-order valence-corrected chi connectivity index (χ3v) is 11.7. The fourth-order valence-corrected chi connectivity index (χ4v) is 8.18. The Morgan fingerprint density at radius 2 is 1.06 bits per heavy atom. The molecule has 13 heteroatoms. The van der Waals surface area contributed by atoms with Crippen molar-refractivity contribution in [1.82, 2.24) is 30.6 Å². The van der Waals surface area contributed by atoms with Crippen molar-refractivity contribution < 1.29 is 27.2 Å². The molecule has 8 nitrogen and oxygen atoms in total. The van der Waals surface area contributed by atoms with E-state index in [0.717, 1.165) is 32.3 Å². The fourth-order valence-electron chi connectivity index (χ4n) is 7.21. The zero-order valence-electron chi connectivity index (χ0n) is 31.2. The molecular formula is C40H50F4N6O2S. The van der Waals surface area contributed by atoms with E-state index in [4.69, 9.17) is 0 Å². The predicted octanol–water partition coefficient (Wildman–Crippen LogP) is 10.3. The largest absolute Gasteiger partial charge is 0.345 e. The summed E-state index contributed by atoms with van der Waals surface area (Å²) in [5.74, 6) is -5.44. The van der Waals surface area contributed by atoms with Gasteiger partial charge in [-0.15, -0.1) is 11.3 Å². The lowest BCUT2D eigenvalue weighted by Crippen LogP contribution is -2.42. The highest BCUT2D eigenvalue weighted by atomic mass is 32.1. The minimum atomic E-state index is -2.69. The lowest BCUT2D eigenvalue weighted by Gasteiger charge is -2.33. The molecule has 0 unspecified atom stereocenters. The summed E-state index contributed by atoms with van der Waals surface area (Å²) >= 11 is 1.61. The second kappa shape index (κ2) is 14.7. The summed E-state index contributed by atoms with van der Waals surface area (Å²) in [6.45, 7) is 12.1. The number of imidazole rings is 2. The normalized spacial score (nSPS) is 19.4. The Hall–Kier alpha value is -4.00. The Balaban J connectivity index is 1.12. The van der Waals surface area contributed by atoms with Crippen LogP contribution < -0.4 is 10.6 Å². The van der Waals surface area contributed by atoms with Gasteiger partial charge in [0.05, 0.1) is 40.7 Å². The molecule has 0 bridgehead atoms. The molecule has 3 aromatic heterocycles. The van der Waals surface area contributed by atoms with E-state index in [9.17, 15) is 27.2 Å². The standard InChI is InChI=1S/C40H50F4N6O2S/c1-37(2,3)31(49-35(51)25-13-17-39(41,42)18-14-25)33-45-21-27(47-33)23-7-9-24(10-8-23)29-11-12-30(53-29)28-22-46-34(48-28)32(38(4,5)6)50-36(52)26-15-19-40(43,44)20-16-26/h7-12,21-22,25-26,31-32H,13-20H2,1-6H3,(H,45,47)(H,46,48)(H,49,51)(H,50,52)/t31-,32-/m1/s1. The maximum atomic E-state index is 13.7. The summed E-state index contributed by atoms with van der Waals surface area (Å²) in [5, 5.41) is 6.20. The van der Waals surface area contributed by atoms with Gasteiger partial charge < -0.3 is 20.6 Å². The van der Waals surface area contributed by atoms with Crippen molar-refractivity contribution in [2.45, 2.75) is 117 Å². The average molecular weight is 755 g/mol. The van der Waals surface area contributed by atoms with Gasteiger partial charge in [0.15, 0.2) is 0 Å². The van der Waals surface area contributed by atoms with Crippen LogP contribution in [0, 0.1) is 22.7 Å². The van der Waals surface area contributed by atoms with Gasteiger partial charge in [-0.1, -0.05) is 65.8 Å². The molecule has 2 atom stereocenters. The average Bonchev–Trinajstić information content (AvgIpc) is 3.86. The number of hydrogen-bond acceptors (Lipinski definition) is 5. The number of carbonyl (C=O) groups is 2. The molecule has 2 amide bonds. The van der Waals surface area contributed by atoms with Crippen LogP contribution in [0.1, 0.15) is 117 Å². The van der Waals surface area contributed by atoms with Crippen LogP contribution in [0.25, 0.3) is 32.3 Å². The summed E-state index contributed by atoms with van der Waals surface area (Å²) in [4.78, 5) is 44.3. The number of carbonyl (C=O) groups excluding carboxylic acids is 2. The van der Waals surface area contributed by atoms with E-state index in [0.29, 0.717) is 11.6 Å². The van der Waals surface area contributed by atoms with Crippen LogP contribution in [0.15, 0.2) is 48.8 Å². The minimum Gasteiger partial charge on any atom is -0.345 e. The van der Waals surface area contributed by atoms with Crippen molar-refractivity contribution in [3.63, 3.8) is 0 Å². The van der Waals surface area contributed by atoms with Crippen LogP contribution in [-0.2, 0) is 9.59 Å². The Bertz CT molecular complexity index is 1880. The van der Waals surface area contributed by atoms with Crippen LogP contribution in [0.3, 0.4) is 0 Å². The van der Waals surface area contributed by atoms with Gasteiger partial charge in [0.1, 0.15) is 11.6 Å². The van der Waals surface area contributed by atoms with E-state index < -0.39 is 35.8 Å². The Labute approximate surface area is 312 Å². The highest BCUT2D eigenvalue weighted by Gasteiger charge is 2.41. The lowest BCUT2D eigenvalue weighted by molar-refractivity contribution is -0.131. The zero-order chi connectivity index (χ0) is 38.3. The van der Waals surface area contributed by atoms with E-state index in [1.807, 2.05) is 71.9 Å². The summed E-state index contributed by atoms with van der Waals surface area (Å²) in [6.07, 6.45) is 3.14. The van der Waals surface area contributed by atoms with Crippen molar-refractivity contribution in [3.05, 3.63) is 60.4 Å². The molecule has 0 aliphatic heterocycles. The number of H-pyrrole nitrogens is 2. The molecule has 0 saturated heterocycles. The molecule has 6 rings (SSSR count). The molecule has 3 heterocycles.